The highest BCUT2D eigenvalue weighted by atomic mass is 35.5. The lowest BCUT2D eigenvalue weighted by molar-refractivity contribution is 0.0693. The Morgan fingerprint density at radius 2 is 1.85 bits per heavy atom. The number of aromatic carboxylic acids is 1. The van der Waals surface area contributed by atoms with E-state index in [1.54, 1.807) is 18.2 Å². The van der Waals surface area contributed by atoms with E-state index >= 15 is 0 Å². The smallest absolute Gasteiger partial charge is 0.338 e. The van der Waals surface area contributed by atoms with E-state index in [1.165, 1.54) is 28.5 Å². The van der Waals surface area contributed by atoms with Gasteiger partial charge in [0, 0.05) is 10.6 Å². The summed E-state index contributed by atoms with van der Waals surface area (Å²) in [6.45, 7) is 4.12. The minimum absolute atomic E-state index is 0.184. The normalized spacial score (nSPS) is 10.6. The van der Waals surface area contributed by atoms with Crippen molar-refractivity contribution < 1.29 is 9.90 Å². The van der Waals surface area contributed by atoms with Crippen molar-refractivity contribution >= 4 is 29.3 Å². The van der Waals surface area contributed by atoms with E-state index in [0.29, 0.717) is 4.90 Å². The summed E-state index contributed by atoms with van der Waals surface area (Å²) >= 11 is 7.46. The number of benzene rings is 2. The summed E-state index contributed by atoms with van der Waals surface area (Å²) in [7, 11) is 0. The fourth-order valence-electron chi connectivity index (χ4n) is 2.15. The molecule has 0 saturated carbocycles. The molecule has 4 heteroatoms. The molecule has 0 amide bonds. The molecule has 0 saturated heterocycles. The summed E-state index contributed by atoms with van der Waals surface area (Å²) in [6, 6.07) is 11.5. The van der Waals surface area contributed by atoms with Crippen LogP contribution in [0.15, 0.2) is 41.3 Å². The van der Waals surface area contributed by atoms with Crippen molar-refractivity contribution in [3.05, 3.63) is 63.7 Å². The average Bonchev–Trinajstić information content (AvgIpc) is 2.34. The second kappa shape index (κ2) is 6.33. The number of thioether (sulfide) groups is 1. The number of halogens is 1. The van der Waals surface area contributed by atoms with Crippen LogP contribution in [-0.2, 0) is 5.75 Å². The Labute approximate surface area is 127 Å². The largest absolute Gasteiger partial charge is 0.478 e. The van der Waals surface area contributed by atoms with Crippen LogP contribution in [0.3, 0.4) is 0 Å². The Morgan fingerprint density at radius 3 is 2.45 bits per heavy atom. The molecular weight excluding hydrogens is 292 g/mol. The van der Waals surface area contributed by atoms with Crippen LogP contribution >= 0.6 is 23.4 Å². The van der Waals surface area contributed by atoms with Crippen molar-refractivity contribution in [2.24, 2.45) is 0 Å². The summed E-state index contributed by atoms with van der Waals surface area (Å²) in [5, 5.41) is 9.51. The molecule has 1 N–H and O–H groups in total. The van der Waals surface area contributed by atoms with Gasteiger partial charge >= 0.3 is 5.97 Å². The van der Waals surface area contributed by atoms with Gasteiger partial charge in [-0.25, -0.2) is 4.79 Å². The number of carbonyl (C=O) groups is 1. The quantitative estimate of drug-likeness (QED) is 0.812. The van der Waals surface area contributed by atoms with Crippen molar-refractivity contribution in [2.45, 2.75) is 24.5 Å². The molecule has 20 heavy (non-hydrogen) atoms. The second-order valence-corrected chi connectivity index (χ2v) is 6.13. The minimum Gasteiger partial charge on any atom is -0.478 e. The van der Waals surface area contributed by atoms with E-state index in [1.807, 2.05) is 0 Å². The molecule has 2 nitrogen and oxygen atoms in total. The molecule has 0 aliphatic rings. The molecule has 0 bridgehead atoms. The Balaban J connectivity index is 2.23. The summed E-state index contributed by atoms with van der Waals surface area (Å²) in [5.74, 6) is -0.262. The molecule has 0 aliphatic carbocycles. The van der Waals surface area contributed by atoms with Gasteiger partial charge in [0.05, 0.1) is 10.6 Å². The predicted octanol–water partition coefficient (Wildman–Crippen LogP) is 4.95. The Morgan fingerprint density at radius 1 is 1.20 bits per heavy atom. The zero-order valence-corrected chi connectivity index (χ0v) is 12.9. The number of hydrogen-bond acceptors (Lipinski definition) is 2. The number of carboxylic acid groups (broad SMARTS) is 1. The minimum atomic E-state index is -0.987. The standard InChI is InChI=1S/C16H15ClO2S/c1-10-6-11(2)8-12(7-10)9-20-14-5-3-4-13(17)15(14)16(18)19/h3-8H,9H2,1-2H3,(H,18,19). The van der Waals surface area contributed by atoms with Crippen molar-refractivity contribution in [1.82, 2.24) is 0 Å². The summed E-state index contributed by atoms with van der Waals surface area (Å²) in [5.41, 5.74) is 3.79. The first-order valence-corrected chi connectivity index (χ1v) is 7.55. The maximum Gasteiger partial charge on any atom is 0.338 e. The molecule has 0 aliphatic heterocycles. The molecule has 0 radical (unpaired) electrons. The maximum atomic E-state index is 11.3. The van der Waals surface area contributed by atoms with Gasteiger partial charge in [-0.3, -0.25) is 0 Å². The lowest BCUT2D eigenvalue weighted by atomic mass is 10.1. The molecule has 2 rings (SSSR count). The SMILES string of the molecule is Cc1cc(C)cc(CSc2cccc(Cl)c2C(=O)O)c1. The lowest BCUT2D eigenvalue weighted by Gasteiger charge is -2.08. The van der Waals surface area contributed by atoms with Crippen LogP contribution in [0.5, 0.6) is 0 Å². The highest BCUT2D eigenvalue weighted by molar-refractivity contribution is 7.98. The third-order valence-electron chi connectivity index (χ3n) is 2.87. The third kappa shape index (κ3) is 3.56. The van der Waals surface area contributed by atoms with Gasteiger partial charge < -0.3 is 5.11 Å². The Hall–Kier alpha value is -1.45. The Kier molecular flexibility index (Phi) is 4.73. The van der Waals surface area contributed by atoms with Gasteiger partial charge in [0.2, 0.25) is 0 Å². The molecule has 0 fully saturated rings. The zero-order valence-electron chi connectivity index (χ0n) is 11.3. The first kappa shape index (κ1) is 14.9. The van der Waals surface area contributed by atoms with E-state index in [-0.39, 0.29) is 10.6 Å². The van der Waals surface area contributed by atoms with Gasteiger partial charge in [-0.1, -0.05) is 47.0 Å². The summed E-state index contributed by atoms with van der Waals surface area (Å²) in [6.07, 6.45) is 0. The summed E-state index contributed by atoms with van der Waals surface area (Å²) < 4.78 is 0. The number of aryl methyl sites for hydroxylation is 2. The van der Waals surface area contributed by atoms with Gasteiger partial charge in [-0.2, -0.15) is 0 Å². The summed E-state index contributed by atoms with van der Waals surface area (Å²) in [4.78, 5) is 12.0. The van der Waals surface area contributed by atoms with Crippen LogP contribution in [0.2, 0.25) is 5.02 Å². The molecule has 104 valence electrons. The first-order chi connectivity index (χ1) is 9.47. The number of hydrogen-bond donors (Lipinski definition) is 1. The topological polar surface area (TPSA) is 37.3 Å². The van der Waals surface area contributed by atoms with Crippen LogP contribution in [0.1, 0.15) is 27.0 Å². The van der Waals surface area contributed by atoms with E-state index in [0.717, 1.165) is 5.75 Å². The number of rotatable bonds is 4. The van der Waals surface area contributed by atoms with Crippen molar-refractivity contribution in [3.8, 4) is 0 Å². The van der Waals surface area contributed by atoms with Crippen LogP contribution in [-0.4, -0.2) is 11.1 Å². The van der Waals surface area contributed by atoms with Crippen molar-refractivity contribution in [1.29, 1.82) is 0 Å². The van der Waals surface area contributed by atoms with E-state index < -0.39 is 5.97 Å². The Bertz CT molecular complexity index is 633. The van der Waals surface area contributed by atoms with Gasteiger partial charge in [-0.05, 0) is 31.5 Å². The monoisotopic (exact) mass is 306 g/mol. The molecule has 0 spiro atoms. The van der Waals surface area contributed by atoms with E-state index in [4.69, 9.17) is 11.6 Å². The molecule has 0 aromatic heterocycles. The fraction of sp³-hybridized carbons (Fsp3) is 0.188. The highest BCUT2D eigenvalue weighted by Crippen LogP contribution is 2.31. The van der Waals surface area contributed by atoms with Crippen LogP contribution in [0.4, 0.5) is 0 Å². The lowest BCUT2D eigenvalue weighted by Crippen LogP contribution is -2.00. The van der Waals surface area contributed by atoms with Gasteiger partial charge in [-0.15, -0.1) is 11.8 Å². The number of carboxylic acids is 1. The predicted molar refractivity (Wildman–Crippen MR) is 83.9 cm³/mol. The first-order valence-electron chi connectivity index (χ1n) is 6.19. The highest BCUT2D eigenvalue weighted by Gasteiger charge is 2.14. The van der Waals surface area contributed by atoms with E-state index in [2.05, 4.69) is 32.0 Å². The molecular formula is C16H15ClO2S. The van der Waals surface area contributed by atoms with Gasteiger partial charge in [0.25, 0.3) is 0 Å². The van der Waals surface area contributed by atoms with Crippen molar-refractivity contribution in [3.63, 3.8) is 0 Å². The molecule has 0 unspecified atom stereocenters. The molecule has 2 aromatic carbocycles. The second-order valence-electron chi connectivity index (χ2n) is 4.70. The van der Waals surface area contributed by atoms with Gasteiger partial charge in [0.15, 0.2) is 0 Å². The molecule has 0 atom stereocenters. The van der Waals surface area contributed by atoms with Crippen molar-refractivity contribution in [2.75, 3.05) is 0 Å². The van der Waals surface area contributed by atoms with Gasteiger partial charge in [0.1, 0.15) is 0 Å². The average molecular weight is 307 g/mol. The molecule has 0 heterocycles. The van der Waals surface area contributed by atoms with E-state index in [9.17, 15) is 9.90 Å². The fourth-order valence-corrected chi connectivity index (χ4v) is 3.46. The maximum absolute atomic E-state index is 11.3. The zero-order chi connectivity index (χ0) is 14.7. The van der Waals surface area contributed by atoms with Crippen LogP contribution in [0.25, 0.3) is 0 Å². The van der Waals surface area contributed by atoms with Crippen LogP contribution in [0, 0.1) is 13.8 Å². The molecule has 2 aromatic rings. The third-order valence-corrected chi connectivity index (χ3v) is 4.31. The van der Waals surface area contributed by atoms with Crippen LogP contribution < -0.4 is 0 Å².